The third-order valence-corrected chi connectivity index (χ3v) is 22.3. The molecule has 0 aliphatic carbocycles. The lowest BCUT2D eigenvalue weighted by molar-refractivity contribution is -0.161. The zero-order valence-electron chi connectivity index (χ0n) is 76.6. The number of phosphoric ester groups is 2. The average molecular weight is 1730 g/mol. The van der Waals surface area contributed by atoms with Gasteiger partial charge in [0.2, 0.25) is 0 Å². The van der Waals surface area contributed by atoms with Gasteiger partial charge in [-0.2, -0.15) is 0 Å². The molecular formula is C103H176O16P2. The Labute approximate surface area is 739 Å². The lowest BCUT2D eigenvalue weighted by Gasteiger charge is -2.21. The number of allylic oxidation sites excluding steroid dienone is 28. The van der Waals surface area contributed by atoms with Crippen molar-refractivity contribution in [1.29, 1.82) is 0 Å². The molecule has 694 valence electrons. The van der Waals surface area contributed by atoms with Crippen LogP contribution >= 0.6 is 15.6 Å². The fraction of sp³-hybridized carbons (Fsp3) is 0.699. The van der Waals surface area contributed by atoms with Crippen molar-refractivity contribution in [1.82, 2.24) is 0 Å². The van der Waals surface area contributed by atoms with E-state index in [4.69, 9.17) is 32.3 Å². The van der Waals surface area contributed by atoms with Gasteiger partial charge in [0.1, 0.15) is 25.4 Å². The van der Waals surface area contributed by atoms with Crippen LogP contribution in [0.1, 0.15) is 406 Å². The smallest absolute Gasteiger partial charge is 0.463 e. The predicted octanol–water partition coefficient (Wildman–Crippen LogP) is 30.2. The quantitative estimate of drug-likeness (QED) is 0.0146. The Kier molecular flexibility index (Phi) is 90.1. The normalized spacial score (nSPS) is 14.5. The van der Waals surface area contributed by atoms with E-state index >= 15 is 0 Å². The van der Waals surface area contributed by atoms with Gasteiger partial charge in [-0.1, -0.05) is 396 Å². The number of carbonyl (C=O) groups is 3. The highest BCUT2D eigenvalue weighted by Crippen LogP contribution is 2.45. The summed E-state index contributed by atoms with van der Waals surface area (Å²) in [5, 5.41) is 20.8. The average Bonchev–Trinajstić information content (AvgIpc) is 0.879. The number of phosphoric acid groups is 2. The van der Waals surface area contributed by atoms with Gasteiger partial charge in [0.15, 0.2) is 6.10 Å². The number of ether oxygens (including phenoxy) is 3. The highest BCUT2D eigenvalue weighted by molar-refractivity contribution is 7.47. The van der Waals surface area contributed by atoms with Gasteiger partial charge >= 0.3 is 33.6 Å². The highest BCUT2D eigenvalue weighted by Gasteiger charge is 2.30. The summed E-state index contributed by atoms with van der Waals surface area (Å²) in [6, 6.07) is 0. The number of aliphatic hydroxyl groups excluding tert-OH is 2. The fourth-order valence-corrected chi connectivity index (χ4v) is 14.7. The molecule has 0 aromatic rings. The number of rotatable bonds is 91. The Morgan fingerprint density at radius 2 is 0.438 bits per heavy atom. The van der Waals surface area contributed by atoms with E-state index in [0.29, 0.717) is 19.3 Å². The maximum atomic E-state index is 13.1. The molecule has 0 fully saturated rings. The molecule has 16 nitrogen and oxygen atoms in total. The first-order valence-corrected chi connectivity index (χ1v) is 51.4. The van der Waals surface area contributed by atoms with Crippen molar-refractivity contribution in [2.75, 3.05) is 39.6 Å². The molecule has 0 heterocycles. The second-order valence-electron chi connectivity index (χ2n) is 32.1. The number of hydrogen-bond acceptors (Lipinski definition) is 14. The van der Waals surface area contributed by atoms with Crippen LogP contribution in [0.4, 0.5) is 0 Å². The summed E-state index contributed by atoms with van der Waals surface area (Å²) in [5.41, 5.74) is 0. The van der Waals surface area contributed by atoms with E-state index in [1.165, 1.54) is 180 Å². The van der Waals surface area contributed by atoms with Gasteiger partial charge in [0.25, 0.3) is 0 Å². The molecule has 0 rings (SSSR count). The molecule has 0 radical (unpaired) electrons. The zero-order chi connectivity index (χ0) is 87.9. The van der Waals surface area contributed by atoms with Gasteiger partial charge in [-0.05, 0) is 161 Å². The van der Waals surface area contributed by atoms with Crippen LogP contribution < -0.4 is 0 Å². The van der Waals surface area contributed by atoms with Crippen molar-refractivity contribution < 1.29 is 75.8 Å². The molecule has 0 saturated carbocycles. The van der Waals surface area contributed by atoms with Crippen LogP contribution in [0.15, 0.2) is 170 Å². The van der Waals surface area contributed by atoms with E-state index in [-0.39, 0.29) is 19.3 Å². The van der Waals surface area contributed by atoms with Crippen LogP contribution in [-0.4, -0.2) is 95.9 Å². The van der Waals surface area contributed by atoms with Crippen molar-refractivity contribution >= 4 is 33.6 Å². The third kappa shape index (κ3) is 95.4. The Bertz CT molecular complexity index is 2880. The molecule has 0 aromatic heterocycles. The van der Waals surface area contributed by atoms with Gasteiger partial charge in [-0.3, -0.25) is 32.5 Å². The number of aliphatic hydroxyl groups is 2. The van der Waals surface area contributed by atoms with E-state index in [1.54, 1.807) is 0 Å². The maximum Gasteiger partial charge on any atom is 0.472 e. The number of carbonyl (C=O) groups excluding carboxylic acids is 3. The SMILES string of the molecule is CC/C=C\C/C=C\C/C=C\C/C=C\C/C=C\C/C=C\CCCCCCCCCCCCCCCCCCC(=O)OCC(O)COP(=O)(O)OCC(O)COP(=O)(O)OCC(COC(=O)CCCCCCCCCCCCCCC/C=C\C/C=C\C/C=C\C/C=C\CCCCC)OC(=O)CCCCCCC/C=C\C/C=C\C/C=C\C/C=C\CCCCC. The minimum Gasteiger partial charge on any atom is -0.463 e. The minimum absolute atomic E-state index is 0.0804. The number of unbranched alkanes of at least 4 members (excludes halogenated alkanes) is 40. The van der Waals surface area contributed by atoms with E-state index in [1.807, 2.05) is 0 Å². The number of hydrogen-bond donors (Lipinski definition) is 4. The summed E-state index contributed by atoms with van der Waals surface area (Å²) in [7, 11) is -9.82. The molecule has 0 amide bonds. The van der Waals surface area contributed by atoms with Crippen LogP contribution in [0.3, 0.4) is 0 Å². The molecule has 4 N–H and O–H groups in total. The third-order valence-electron chi connectivity index (χ3n) is 20.4. The second-order valence-corrected chi connectivity index (χ2v) is 35.0. The Morgan fingerprint density at radius 3 is 0.694 bits per heavy atom. The monoisotopic (exact) mass is 1730 g/mol. The van der Waals surface area contributed by atoms with E-state index < -0.39 is 91.5 Å². The molecule has 0 aromatic carbocycles. The lowest BCUT2D eigenvalue weighted by atomic mass is 10.0. The van der Waals surface area contributed by atoms with Crippen LogP contribution in [0.5, 0.6) is 0 Å². The van der Waals surface area contributed by atoms with Crippen molar-refractivity contribution in [2.24, 2.45) is 0 Å². The van der Waals surface area contributed by atoms with Crippen molar-refractivity contribution in [2.45, 2.75) is 424 Å². The summed E-state index contributed by atoms with van der Waals surface area (Å²) in [5.74, 6) is -1.59. The molecule has 0 aliphatic heterocycles. The highest BCUT2D eigenvalue weighted by atomic mass is 31.2. The van der Waals surface area contributed by atoms with Gasteiger partial charge < -0.3 is 34.2 Å². The molecule has 0 bridgehead atoms. The van der Waals surface area contributed by atoms with Crippen molar-refractivity contribution in [3.63, 3.8) is 0 Å². The Balaban J connectivity index is 4.55. The Morgan fingerprint density at radius 1 is 0.240 bits per heavy atom. The van der Waals surface area contributed by atoms with Crippen LogP contribution in [0, 0.1) is 0 Å². The van der Waals surface area contributed by atoms with Crippen LogP contribution in [0.25, 0.3) is 0 Å². The van der Waals surface area contributed by atoms with E-state index in [2.05, 4.69) is 191 Å². The molecular weight excluding hydrogens is 1560 g/mol. The lowest BCUT2D eigenvalue weighted by Crippen LogP contribution is -2.30. The van der Waals surface area contributed by atoms with Gasteiger partial charge in [-0.25, -0.2) is 9.13 Å². The molecule has 0 spiro atoms. The minimum atomic E-state index is -4.95. The first-order chi connectivity index (χ1) is 59.2. The van der Waals surface area contributed by atoms with Gasteiger partial charge in [0.05, 0.1) is 26.4 Å². The van der Waals surface area contributed by atoms with Gasteiger partial charge in [0, 0.05) is 19.3 Å². The molecule has 121 heavy (non-hydrogen) atoms. The first-order valence-electron chi connectivity index (χ1n) is 48.4. The van der Waals surface area contributed by atoms with Crippen LogP contribution in [0.2, 0.25) is 0 Å². The zero-order valence-corrected chi connectivity index (χ0v) is 78.4. The van der Waals surface area contributed by atoms with Crippen LogP contribution in [-0.2, 0) is 55.8 Å². The standard InChI is InChI=1S/C103H176O16P2/c1-4-7-10-13-16-19-22-25-28-31-34-37-39-41-43-45-46-47-48-49-50-52-54-55-57-60-62-65-68-71-74-77-80-83-86-89-101(106)113-92-98(104)93-115-120(109,110)116-94-99(105)95-117-121(111,112)118-97-100(119-103(108)91-88-85-82-79-76-73-70-67-64-59-36-33-30-27-24-21-18-15-12-9-6-3)96-114-102(107)90-87-84-81-78-75-72-69-66-63-61-58-56-53-51-44-42-40-38-35-32-29-26-23-20-17-14-11-8-5-2/h7,10,16-21,25-30,34-38,41-44,46-47,59,67,70,98-100,104-105H,4-6,8-9,11-15,22-24,31-33,39-40,45,48-58,60-66,68-69,71-97H2,1-3H3,(H,109,110)(H,111,112)/b10-7-,19-16-,20-17-,21-18-,28-25-,29-26-,30-27-,37-34-,38-35-,43-41-,44-42-,47-46-,59-36-,70-67-. The molecule has 18 heteroatoms. The number of esters is 3. The molecule has 0 aliphatic rings. The summed E-state index contributed by atoms with van der Waals surface area (Å²) >= 11 is 0. The maximum absolute atomic E-state index is 13.1. The second kappa shape index (κ2) is 94.1. The molecule has 5 unspecified atom stereocenters. The van der Waals surface area contributed by atoms with E-state index in [9.17, 15) is 43.5 Å². The van der Waals surface area contributed by atoms with Crippen molar-refractivity contribution in [3.8, 4) is 0 Å². The summed E-state index contributed by atoms with van der Waals surface area (Å²) in [4.78, 5) is 59.1. The molecule has 0 saturated heterocycles. The largest absolute Gasteiger partial charge is 0.472 e. The molecule has 5 atom stereocenters. The Hall–Kier alpha value is -5.09. The predicted molar refractivity (Wildman–Crippen MR) is 509 cm³/mol. The summed E-state index contributed by atoms with van der Waals surface area (Å²) in [6.07, 6.45) is 123. The fourth-order valence-electron chi connectivity index (χ4n) is 13.1. The summed E-state index contributed by atoms with van der Waals surface area (Å²) in [6.45, 7) is 2.54. The first kappa shape index (κ1) is 116. The summed E-state index contributed by atoms with van der Waals surface area (Å²) < 4.78 is 61.5. The van der Waals surface area contributed by atoms with Gasteiger partial charge in [-0.15, -0.1) is 0 Å². The van der Waals surface area contributed by atoms with Crippen molar-refractivity contribution in [3.05, 3.63) is 170 Å². The topological polar surface area (TPSA) is 231 Å². The van der Waals surface area contributed by atoms with E-state index in [0.717, 1.165) is 167 Å².